The van der Waals surface area contributed by atoms with Crippen LogP contribution in [0, 0.1) is 0 Å². The molecule has 2 rings (SSSR count). The molecule has 1 aliphatic heterocycles. The van der Waals surface area contributed by atoms with Crippen LogP contribution in [-0.2, 0) is 16.3 Å². The van der Waals surface area contributed by atoms with Crippen LogP contribution in [0.5, 0.6) is 0 Å². The number of likely N-dealkylation sites (N-methyl/N-ethyl adjacent to an activating group) is 1. The second-order valence-corrected chi connectivity index (χ2v) is 6.76. The molecule has 0 bridgehead atoms. The van der Waals surface area contributed by atoms with Gasteiger partial charge in [0.2, 0.25) is 0 Å². The highest BCUT2D eigenvalue weighted by atomic mass is 32.2. The maximum Gasteiger partial charge on any atom is 0.197 e. The van der Waals surface area contributed by atoms with Gasteiger partial charge in [0, 0.05) is 18.9 Å². The van der Waals surface area contributed by atoms with Crippen molar-refractivity contribution in [3.8, 4) is 0 Å². The molecule has 0 atom stereocenters. The summed E-state index contributed by atoms with van der Waals surface area (Å²) in [5, 5.41) is 3.05. The number of hydrogen-bond donors (Lipinski definition) is 1. The van der Waals surface area contributed by atoms with E-state index in [-0.39, 0.29) is 17.4 Å². The summed E-state index contributed by atoms with van der Waals surface area (Å²) in [6.07, 6.45) is 3.78. The van der Waals surface area contributed by atoms with Crippen molar-refractivity contribution in [2.75, 3.05) is 25.1 Å². The van der Waals surface area contributed by atoms with Gasteiger partial charge in [-0.15, -0.1) is 0 Å². The van der Waals surface area contributed by atoms with Gasteiger partial charge in [0.05, 0.1) is 17.2 Å². The summed E-state index contributed by atoms with van der Waals surface area (Å²) < 4.78 is 28.1. The van der Waals surface area contributed by atoms with E-state index in [1.807, 2.05) is 7.05 Å². The first kappa shape index (κ1) is 12.6. The highest BCUT2D eigenvalue weighted by molar-refractivity contribution is 7.91. The molecule has 17 heavy (non-hydrogen) atoms. The molecular weight excluding hydrogens is 240 g/mol. The predicted molar refractivity (Wildman–Crippen MR) is 64.8 cm³/mol. The largest absolute Gasteiger partial charge is 0.448 e. The molecule has 96 valence electrons. The van der Waals surface area contributed by atoms with Crippen LogP contribution in [-0.4, -0.2) is 38.5 Å². The van der Waals surface area contributed by atoms with E-state index in [0.29, 0.717) is 18.7 Å². The lowest BCUT2D eigenvalue weighted by Crippen LogP contribution is -2.22. The minimum absolute atomic E-state index is 0.168. The lowest BCUT2D eigenvalue weighted by molar-refractivity contribution is 0.423. The fourth-order valence-electron chi connectivity index (χ4n) is 2.02. The normalized spacial score (nSPS) is 20.5. The number of aromatic nitrogens is 1. The Morgan fingerprint density at radius 2 is 2.18 bits per heavy atom. The minimum atomic E-state index is -2.81. The van der Waals surface area contributed by atoms with Crippen LogP contribution in [0.4, 0.5) is 0 Å². The zero-order valence-corrected chi connectivity index (χ0v) is 10.8. The van der Waals surface area contributed by atoms with Crippen molar-refractivity contribution in [2.24, 2.45) is 0 Å². The third kappa shape index (κ3) is 3.29. The zero-order chi connectivity index (χ0) is 12.3. The predicted octanol–water partition coefficient (Wildman–Crippen LogP) is 0.729. The van der Waals surface area contributed by atoms with Crippen molar-refractivity contribution < 1.29 is 12.8 Å². The molecule has 1 N–H and O–H groups in total. The van der Waals surface area contributed by atoms with Crippen molar-refractivity contribution in [3.63, 3.8) is 0 Å². The number of nitrogens with one attached hydrogen (secondary N) is 1. The van der Waals surface area contributed by atoms with E-state index in [9.17, 15) is 8.42 Å². The fourth-order valence-corrected chi connectivity index (χ4v) is 3.51. The fraction of sp³-hybridized carbons (Fsp3) is 0.727. The molecule has 0 aliphatic carbocycles. The van der Waals surface area contributed by atoms with E-state index in [2.05, 4.69) is 10.3 Å². The average molecular weight is 258 g/mol. The van der Waals surface area contributed by atoms with Gasteiger partial charge in [-0.1, -0.05) is 0 Å². The quantitative estimate of drug-likeness (QED) is 0.862. The molecule has 1 aromatic rings. The summed E-state index contributed by atoms with van der Waals surface area (Å²) in [7, 11) is -0.915. The van der Waals surface area contributed by atoms with Gasteiger partial charge in [0.15, 0.2) is 5.89 Å². The van der Waals surface area contributed by atoms with E-state index in [1.54, 1.807) is 6.26 Å². The number of oxazole rings is 1. The van der Waals surface area contributed by atoms with Crippen molar-refractivity contribution in [3.05, 3.63) is 17.8 Å². The molecule has 0 amide bonds. The molecule has 1 fully saturated rings. The van der Waals surface area contributed by atoms with Gasteiger partial charge >= 0.3 is 0 Å². The molecule has 5 nitrogen and oxygen atoms in total. The minimum Gasteiger partial charge on any atom is -0.448 e. The summed E-state index contributed by atoms with van der Waals surface area (Å²) >= 11 is 0. The Kier molecular flexibility index (Phi) is 3.83. The molecule has 0 aromatic carbocycles. The molecule has 0 unspecified atom stereocenters. The van der Waals surface area contributed by atoms with E-state index >= 15 is 0 Å². The molecule has 1 aliphatic rings. The van der Waals surface area contributed by atoms with Crippen LogP contribution in [0.3, 0.4) is 0 Å². The highest BCUT2D eigenvalue weighted by Gasteiger charge is 2.27. The first-order valence-electron chi connectivity index (χ1n) is 5.90. The Morgan fingerprint density at radius 1 is 1.47 bits per heavy atom. The second-order valence-electron chi connectivity index (χ2n) is 4.46. The Labute approximate surface area is 102 Å². The number of sulfone groups is 1. The summed E-state index contributed by atoms with van der Waals surface area (Å²) in [4.78, 5) is 4.42. The van der Waals surface area contributed by atoms with E-state index in [0.717, 1.165) is 18.7 Å². The smallest absolute Gasteiger partial charge is 0.197 e. The van der Waals surface area contributed by atoms with Gasteiger partial charge in [-0.3, -0.25) is 0 Å². The SMILES string of the molecule is CNCCc1coc(C2CCS(=O)(=O)CC2)n1. The van der Waals surface area contributed by atoms with Gasteiger partial charge in [-0.2, -0.15) is 0 Å². The van der Waals surface area contributed by atoms with Gasteiger partial charge in [-0.05, 0) is 19.9 Å². The van der Waals surface area contributed by atoms with Gasteiger partial charge in [0.25, 0.3) is 0 Å². The van der Waals surface area contributed by atoms with Crippen LogP contribution in [0.25, 0.3) is 0 Å². The Bertz CT molecular complexity index is 453. The molecule has 2 heterocycles. The second kappa shape index (κ2) is 5.18. The molecule has 1 aromatic heterocycles. The Hall–Kier alpha value is -0.880. The van der Waals surface area contributed by atoms with Crippen LogP contribution in [0.15, 0.2) is 10.7 Å². The first-order valence-corrected chi connectivity index (χ1v) is 7.72. The van der Waals surface area contributed by atoms with Gasteiger partial charge in [0.1, 0.15) is 16.1 Å². The third-order valence-electron chi connectivity index (χ3n) is 3.10. The Balaban J connectivity index is 1.96. The standard InChI is InChI=1S/C11H18N2O3S/c1-12-5-2-10-8-16-11(13-10)9-3-6-17(14,15)7-4-9/h8-9,12H,2-7H2,1H3. The van der Waals surface area contributed by atoms with Crippen LogP contribution in [0.1, 0.15) is 30.3 Å². The summed E-state index contributed by atoms with van der Waals surface area (Å²) in [6, 6.07) is 0. The lowest BCUT2D eigenvalue weighted by atomic mass is 10.0. The molecule has 0 saturated carbocycles. The van der Waals surface area contributed by atoms with E-state index in [1.165, 1.54) is 0 Å². The molecule has 6 heteroatoms. The topological polar surface area (TPSA) is 72.2 Å². The van der Waals surface area contributed by atoms with E-state index < -0.39 is 9.84 Å². The van der Waals surface area contributed by atoms with Crippen LogP contribution < -0.4 is 5.32 Å². The number of hydrogen-bond acceptors (Lipinski definition) is 5. The Morgan fingerprint density at radius 3 is 2.82 bits per heavy atom. The zero-order valence-electron chi connectivity index (χ0n) is 9.98. The first-order chi connectivity index (χ1) is 8.11. The highest BCUT2D eigenvalue weighted by Crippen LogP contribution is 2.28. The monoisotopic (exact) mass is 258 g/mol. The maximum absolute atomic E-state index is 11.3. The van der Waals surface area contributed by atoms with Crippen molar-refractivity contribution in [1.29, 1.82) is 0 Å². The summed E-state index contributed by atoms with van der Waals surface area (Å²) in [6.45, 7) is 0.866. The summed E-state index contributed by atoms with van der Waals surface area (Å²) in [5.41, 5.74) is 0.933. The van der Waals surface area contributed by atoms with Gasteiger partial charge < -0.3 is 9.73 Å². The van der Waals surface area contributed by atoms with E-state index in [4.69, 9.17) is 4.42 Å². The van der Waals surface area contributed by atoms with Crippen LogP contribution >= 0.6 is 0 Å². The molecular formula is C11H18N2O3S. The van der Waals surface area contributed by atoms with Crippen LogP contribution in [0.2, 0.25) is 0 Å². The number of rotatable bonds is 4. The van der Waals surface area contributed by atoms with Crippen molar-refractivity contribution >= 4 is 9.84 Å². The number of nitrogens with zero attached hydrogens (tertiary/aromatic N) is 1. The lowest BCUT2D eigenvalue weighted by Gasteiger charge is -2.18. The third-order valence-corrected chi connectivity index (χ3v) is 4.82. The molecule has 1 saturated heterocycles. The maximum atomic E-state index is 11.3. The summed E-state index contributed by atoms with van der Waals surface area (Å²) in [5.74, 6) is 1.38. The van der Waals surface area contributed by atoms with Crippen molar-refractivity contribution in [1.82, 2.24) is 10.3 Å². The average Bonchev–Trinajstić information content (AvgIpc) is 2.75. The van der Waals surface area contributed by atoms with Crippen molar-refractivity contribution in [2.45, 2.75) is 25.2 Å². The van der Waals surface area contributed by atoms with Gasteiger partial charge in [-0.25, -0.2) is 13.4 Å². The molecule has 0 spiro atoms. The molecule has 0 radical (unpaired) electrons.